The van der Waals surface area contributed by atoms with Crippen molar-refractivity contribution >= 4 is 27.8 Å². The molecular weight excluding hydrogens is 422 g/mol. The van der Waals surface area contributed by atoms with Crippen LogP contribution in [0.2, 0.25) is 0 Å². The minimum atomic E-state index is 0.163. The van der Waals surface area contributed by atoms with Gasteiger partial charge in [0.2, 0.25) is 0 Å². The molecule has 154 valence electrons. The molecule has 1 saturated carbocycles. The largest absolute Gasteiger partial charge is 0.497 e. The summed E-state index contributed by atoms with van der Waals surface area (Å²) in [6.45, 7) is 4.78. The van der Waals surface area contributed by atoms with E-state index in [-0.39, 0.29) is 5.41 Å². The van der Waals surface area contributed by atoms with Gasteiger partial charge in [0.05, 0.1) is 12.8 Å². The molecule has 0 spiro atoms. The van der Waals surface area contributed by atoms with E-state index in [1.54, 1.807) is 12.7 Å². The number of ether oxygens (including phenoxy) is 1. The van der Waals surface area contributed by atoms with E-state index in [1.807, 2.05) is 6.07 Å². The molecule has 2 nitrogen and oxygen atoms in total. The number of aryl methyl sites for hydroxylation is 1. The van der Waals surface area contributed by atoms with Gasteiger partial charge in [0.1, 0.15) is 5.75 Å². The minimum Gasteiger partial charge on any atom is -0.497 e. The summed E-state index contributed by atoms with van der Waals surface area (Å²) < 4.78 is 6.54. The van der Waals surface area contributed by atoms with E-state index in [9.17, 15) is 0 Å². The van der Waals surface area contributed by atoms with E-state index in [1.165, 1.54) is 44.1 Å². The van der Waals surface area contributed by atoms with Crippen LogP contribution in [0.15, 0.2) is 51.9 Å². The van der Waals surface area contributed by atoms with Gasteiger partial charge in [-0.2, -0.15) is 0 Å². The van der Waals surface area contributed by atoms with Gasteiger partial charge in [0, 0.05) is 16.1 Å². The second-order valence-corrected chi connectivity index (χ2v) is 9.88. The first-order valence-corrected chi connectivity index (χ1v) is 11.8. The maximum absolute atomic E-state index is 5.47. The minimum absolute atomic E-state index is 0.163. The molecule has 0 unspecified atom stereocenters. The summed E-state index contributed by atoms with van der Waals surface area (Å²) in [5.74, 6) is 3.12. The van der Waals surface area contributed by atoms with Crippen LogP contribution < -0.4 is 4.74 Å². The fourth-order valence-electron chi connectivity index (χ4n) is 5.82. The molecule has 1 fully saturated rings. The van der Waals surface area contributed by atoms with Gasteiger partial charge in [-0.15, -0.1) is 0 Å². The van der Waals surface area contributed by atoms with Gasteiger partial charge in [0.25, 0.3) is 0 Å². The van der Waals surface area contributed by atoms with Crippen LogP contribution in [0.1, 0.15) is 63.0 Å². The zero-order valence-corrected chi connectivity index (χ0v) is 19.4. The Balaban J connectivity index is 1.63. The van der Waals surface area contributed by atoms with Crippen LogP contribution in [0.3, 0.4) is 0 Å². The number of methoxy groups -OCH3 is 1. The third kappa shape index (κ3) is 4.03. The molecule has 0 aliphatic heterocycles. The molecular formula is C26H32BrNO. The monoisotopic (exact) mass is 453 g/mol. The number of benzene rings is 2. The van der Waals surface area contributed by atoms with Crippen LogP contribution in [0.4, 0.5) is 5.69 Å². The van der Waals surface area contributed by atoms with Crippen molar-refractivity contribution in [2.75, 3.05) is 7.11 Å². The van der Waals surface area contributed by atoms with E-state index in [4.69, 9.17) is 9.73 Å². The normalized spacial score (nSPS) is 28.8. The molecule has 2 aliphatic rings. The first-order chi connectivity index (χ1) is 14.1. The lowest BCUT2D eigenvalue weighted by Crippen LogP contribution is -2.43. The number of aliphatic imine (C=N–C) groups is 1. The van der Waals surface area contributed by atoms with Crippen molar-refractivity contribution in [2.24, 2.45) is 22.2 Å². The van der Waals surface area contributed by atoms with Crippen molar-refractivity contribution in [1.82, 2.24) is 0 Å². The number of nitrogens with zero attached hydrogens (tertiary/aromatic N) is 1. The van der Waals surface area contributed by atoms with Crippen molar-refractivity contribution in [1.29, 1.82) is 0 Å². The molecule has 0 aromatic heterocycles. The Morgan fingerprint density at radius 3 is 2.79 bits per heavy atom. The fourth-order valence-corrected chi connectivity index (χ4v) is 6.21. The van der Waals surface area contributed by atoms with Crippen LogP contribution in [0.25, 0.3) is 0 Å². The van der Waals surface area contributed by atoms with E-state index in [0.29, 0.717) is 11.8 Å². The number of hydrogen-bond donors (Lipinski definition) is 0. The zero-order valence-electron chi connectivity index (χ0n) is 17.8. The standard InChI is InChI=1S/C26H32BrNO/c1-4-7-23-22-12-10-18-16-19(29-3)11-13-20(18)21(22)14-15-26(23,2)17-28-25-9-6-5-8-24(25)27/h5-6,8-9,11,13,16-17,21-23H,4,7,10,12,14-15H2,1-3H3/t21-,22-,23+,26-/m1/s1. The number of hydrogen-bond acceptors (Lipinski definition) is 2. The molecule has 4 rings (SSSR count). The molecule has 2 aliphatic carbocycles. The topological polar surface area (TPSA) is 21.6 Å². The summed E-state index contributed by atoms with van der Waals surface area (Å²) in [6, 6.07) is 15.0. The van der Waals surface area contributed by atoms with Gasteiger partial charge in [-0.25, -0.2) is 0 Å². The summed E-state index contributed by atoms with van der Waals surface area (Å²) in [5.41, 5.74) is 4.28. The number of rotatable bonds is 5. The summed E-state index contributed by atoms with van der Waals surface area (Å²) in [5, 5.41) is 0. The zero-order chi connectivity index (χ0) is 20.4. The third-order valence-electron chi connectivity index (χ3n) is 7.32. The third-order valence-corrected chi connectivity index (χ3v) is 7.99. The molecule has 0 amide bonds. The van der Waals surface area contributed by atoms with Gasteiger partial charge < -0.3 is 4.74 Å². The Labute approximate surface area is 183 Å². The van der Waals surface area contributed by atoms with Crippen LogP contribution in [0.5, 0.6) is 5.75 Å². The maximum atomic E-state index is 5.47. The van der Waals surface area contributed by atoms with Crippen LogP contribution in [-0.2, 0) is 6.42 Å². The van der Waals surface area contributed by atoms with Gasteiger partial charge >= 0.3 is 0 Å². The molecule has 29 heavy (non-hydrogen) atoms. The van der Waals surface area contributed by atoms with Crippen LogP contribution >= 0.6 is 15.9 Å². The summed E-state index contributed by atoms with van der Waals surface area (Å²) in [4.78, 5) is 4.95. The predicted molar refractivity (Wildman–Crippen MR) is 126 cm³/mol. The molecule has 0 saturated heterocycles. The van der Waals surface area contributed by atoms with Gasteiger partial charge in [-0.1, -0.05) is 38.5 Å². The fraction of sp³-hybridized carbons (Fsp3) is 0.500. The number of fused-ring (bicyclic) bond motifs is 3. The second-order valence-electron chi connectivity index (χ2n) is 9.02. The van der Waals surface area contributed by atoms with E-state index >= 15 is 0 Å². The smallest absolute Gasteiger partial charge is 0.119 e. The lowest BCUT2D eigenvalue weighted by atomic mass is 9.54. The van der Waals surface area contributed by atoms with Gasteiger partial charge in [-0.05, 0) is 101 Å². The Morgan fingerprint density at radius 1 is 1.21 bits per heavy atom. The molecule has 3 heteroatoms. The molecule has 4 atom stereocenters. The maximum Gasteiger partial charge on any atom is 0.119 e. The molecule has 2 aromatic carbocycles. The predicted octanol–water partition coefficient (Wildman–Crippen LogP) is 7.72. The molecule has 0 radical (unpaired) electrons. The molecule has 0 N–H and O–H groups in total. The summed E-state index contributed by atoms with van der Waals surface area (Å²) in [6.07, 6.45) is 9.72. The Morgan fingerprint density at radius 2 is 2.03 bits per heavy atom. The van der Waals surface area contributed by atoms with Gasteiger partial charge in [-0.3, -0.25) is 4.99 Å². The Hall–Kier alpha value is -1.61. The first kappa shape index (κ1) is 20.7. The van der Waals surface area contributed by atoms with E-state index < -0.39 is 0 Å². The van der Waals surface area contributed by atoms with E-state index in [0.717, 1.165) is 21.8 Å². The molecule has 0 heterocycles. The van der Waals surface area contributed by atoms with Crippen LogP contribution in [0, 0.1) is 17.3 Å². The van der Waals surface area contributed by atoms with Crippen LogP contribution in [-0.4, -0.2) is 13.3 Å². The molecule has 0 bridgehead atoms. The van der Waals surface area contributed by atoms with Gasteiger partial charge in [0.15, 0.2) is 0 Å². The summed E-state index contributed by atoms with van der Waals surface area (Å²) >= 11 is 3.65. The quantitative estimate of drug-likeness (QED) is 0.424. The lowest BCUT2D eigenvalue weighted by Gasteiger charge is -2.50. The van der Waals surface area contributed by atoms with Crippen molar-refractivity contribution in [2.45, 2.75) is 58.3 Å². The Kier molecular flexibility index (Phi) is 6.15. The highest BCUT2D eigenvalue weighted by molar-refractivity contribution is 9.10. The Bertz CT molecular complexity index is 892. The number of para-hydroxylation sites is 1. The average Bonchev–Trinajstić information content (AvgIpc) is 2.74. The average molecular weight is 454 g/mol. The second kappa shape index (κ2) is 8.63. The van der Waals surface area contributed by atoms with Crippen molar-refractivity contribution in [3.63, 3.8) is 0 Å². The highest BCUT2D eigenvalue weighted by Gasteiger charge is 2.47. The SMILES string of the molecule is CCC[C@H]1[C@@H]2CCc3cc(OC)ccc3[C@H]2CC[C@]1(C)C=Nc1ccccc1Br. The van der Waals surface area contributed by atoms with E-state index in [2.05, 4.69) is 72.4 Å². The van der Waals surface area contributed by atoms with Crippen molar-refractivity contribution in [3.05, 3.63) is 58.1 Å². The first-order valence-electron chi connectivity index (χ1n) is 11.0. The summed E-state index contributed by atoms with van der Waals surface area (Å²) in [7, 11) is 1.76. The number of halogens is 1. The van der Waals surface area contributed by atoms with Crippen molar-refractivity contribution in [3.8, 4) is 5.75 Å². The highest BCUT2D eigenvalue weighted by Crippen LogP contribution is 2.55. The lowest BCUT2D eigenvalue weighted by molar-refractivity contribution is 0.0784. The molecule has 2 aromatic rings. The van der Waals surface area contributed by atoms with Crippen molar-refractivity contribution < 1.29 is 4.74 Å². The highest BCUT2D eigenvalue weighted by atomic mass is 79.9.